The summed E-state index contributed by atoms with van der Waals surface area (Å²) in [4.78, 5) is 0. The van der Waals surface area contributed by atoms with E-state index in [1.807, 2.05) is 0 Å². The number of ether oxygens (including phenoxy) is 10. The van der Waals surface area contributed by atoms with Gasteiger partial charge in [0.05, 0.1) is 45.7 Å². The molecule has 5 fully saturated rings. The molecule has 0 saturated carbocycles. The van der Waals surface area contributed by atoms with Crippen LogP contribution in [0.25, 0.3) is 0 Å². The van der Waals surface area contributed by atoms with E-state index in [0.717, 1.165) is 6.92 Å². The van der Waals surface area contributed by atoms with Gasteiger partial charge < -0.3 is 155 Å². The molecule has 0 bridgehead atoms. The molecule has 0 spiro atoms. The van der Waals surface area contributed by atoms with Gasteiger partial charge in [0, 0.05) is 0 Å². The smallest absolute Gasteiger partial charge is 0.187 e. The monoisotopic (exact) mass is 1010 g/mol. The Morgan fingerprint density at radius 3 is 1.32 bits per heavy atom. The van der Waals surface area contributed by atoms with E-state index in [4.69, 9.17) is 47.4 Å². The number of hydrogen-bond acceptors (Lipinski definition) is 31. The Labute approximate surface area is 385 Å². The molecule has 31 heteroatoms. The number of rotatable bonds is 20. The maximum absolute atomic E-state index is 11.4. The molecule has 5 aliphatic rings. The molecular formula is C37H66O31. The van der Waals surface area contributed by atoms with E-state index in [-0.39, 0.29) is 0 Å². The molecule has 5 saturated heterocycles. The van der Waals surface area contributed by atoms with E-state index in [0.29, 0.717) is 0 Å². The minimum Gasteiger partial charge on any atom is -0.394 e. The van der Waals surface area contributed by atoms with Crippen molar-refractivity contribution < 1.29 is 155 Å². The quantitative estimate of drug-likeness (QED) is 0.0538. The molecule has 31 nitrogen and oxygen atoms in total. The van der Waals surface area contributed by atoms with Crippen LogP contribution in [-0.2, 0) is 47.4 Å². The summed E-state index contributed by atoms with van der Waals surface area (Å²) in [7, 11) is 0. The largest absolute Gasteiger partial charge is 0.394 e. The number of hydrogen-bond donors (Lipinski definition) is 21. The molecule has 0 aromatic heterocycles. The lowest BCUT2D eigenvalue weighted by atomic mass is 9.95. The Morgan fingerprint density at radius 2 is 0.809 bits per heavy atom. The predicted molar refractivity (Wildman–Crippen MR) is 206 cm³/mol. The molecule has 5 aliphatic heterocycles. The first-order valence-electron chi connectivity index (χ1n) is 21.5. The van der Waals surface area contributed by atoms with Crippen molar-refractivity contribution in [2.24, 2.45) is 0 Å². The SMILES string of the molecule is CC(OC1C(O)C(O)[C@@H](OC2C(CO)OC(O)C(O)C2O)O[C@H]1CO[C@H]1O[C@@H](CO)C(O)C(O)C1O)C(O)C(O)C(O[C@@H]1O[C@@H](CO)C(OC2OC(CO)C(O)C(O)C2O)C(O)C1O)C(O)CO. The van der Waals surface area contributed by atoms with Crippen LogP contribution in [0.2, 0.25) is 0 Å². The van der Waals surface area contributed by atoms with Crippen LogP contribution in [0.1, 0.15) is 6.92 Å². The molecule has 0 aromatic carbocycles. The normalized spacial score (nSPS) is 48.4. The predicted octanol–water partition coefficient (Wildman–Crippen LogP) is -14.1. The van der Waals surface area contributed by atoms with Gasteiger partial charge in [0.25, 0.3) is 0 Å². The van der Waals surface area contributed by atoms with E-state index in [1.165, 1.54) is 0 Å². The summed E-state index contributed by atoms with van der Waals surface area (Å²) in [6, 6.07) is 0. The zero-order valence-corrected chi connectivity index (χ0v) is 36.0. The Balaban J connectivity index is 1.32. The van der Waals surface area contributed by atoms with Gasteiger partial charge >= 0.3 is 0 Å². The van der Waals surface area contributed by atoms with Crippen molar-refractivity contribution in [3.63, 3.8) is 0 Å². The zero-order chi connectivity index (χ0) is 50.6. The van der Waals surface area contributed by atoms with Crippen molar-refractivity contribution >= 4 is 0 Å². The van der Waals surface area contributed by atoms with E-state index in [1.54, 1.807) is 0 Å². The Hall–Kier alpha value is -1.24. The second-order valence-electron chi connectivity index (χ2n) is 17.0. The first-order valence-corrected chi connectivity index (χ1v) is 21.5. The standard InChI is InChI=1S/C37H66O31/c1-8(15(44)20(49)29(9(43)2-38)66-36-27(56)22(51)31(13(6-42)64-36)68-35-26(55)19(48)17(46)11(4-40)63-35)60-32-14(7-59-34-25(54)18(47)16(45)10(3-39)62-34)65-37(28(57)23(32)52)67-30-12(5-41)61-33(58)24(53)21(30)50/h8-58H,2-7H2,1H3/t8?,9?,10-,11?,12?,13-,14-,15?,16?,17?,18?,19?,20?,21?,22?,23?,24?,25?,26?,27?,28?,29?,30?,31?,32?,33?,34-,35?,36-,37+/m0/s1. The van der Waals surface area contributed by atoms with Crippen LogP contribution in [0.15, 0.2) is 0 Å². The summed E-state index contributed by atoms with van der Waals surface area (Å²) in [6.07, 6.45) is -58.2. The average Bonchev–Trinajstić information content (AvgIpc) is 3.33. The van der Waals surface area contributed by atoms with Gasteiger partial charge in [-0.05, 0) is 6.92 Å². The fourth-order valence-electron chi connectivity index (χ4n) is 8.23. The molecule has 0 aliphatic carbocycles. The third-order valence-electron chi connectivity index (χ3n) is 12.4. The lowest BCUT2D eigenvalue weighted by molar-refractivity contribution is -0.370. The van der Waals surface area contributed by atoms with Crippen molar-refractivity contribution in [3.05, 3.63) is 0 Å². The fourth-order valence-corrected chi connectivity index (χ4v) is 8.23. The van der Waals surface area contributed by atoms with Crippen molar-refractivity contribution in [1.82, 2.24) is 0 Å². The van der Waals surface area contributed by atoms with Crippen molar-refractivity contribution in [3.8, 4) is 0 Å². The Bertz CT molecular complexity index is 1490. The molecule has 5 heterocycles. The van der Waals surface area contributed by atoms with Crippen LogP contribution >= 0.6 is 0 Å². The minimum absolute atomic E-state index is 0.857. The third kappa shape index (κ3) is 12.4. The van der Waals surface area contributed by atoms with E-state index in [2.05, 4.69) is 0 Å². The summed E-state index contributed by atoms with van der Waals surface area (Å²) in [5.41, 5.74) is 0. The minimum atomic E-state index is -2.38. The second kappa shape index (κ2) is 25.1. The molecule has 0 amide bonds. The number of aliphatic hydroxyl groups excluding tert-OH is 21. The van der Waals surface area contributed by atoms with E-state index < -0.39 is 224 Å². The first-order chi connectivity index (χ1) is 32.1. The molecule has 30 atom stereocenters. The van der Waals surface area contributed by atoms with Gasteiger partial charge in [-0.1, -0.05) is 0 Å². The van der Waals surface area contributed by atoms with Crippen molar-refractivity contribution in [1.29, 1.82) is 0 Å². The van der Waals surface area contributed by atoms with Gasteiger partial charge in [0.1, 0.15) is 146 Å². The maximum atomic E-state index is 11.4. The summed E-state index contributed by atoms with van der Waals surface area (Å²) in [6.45, 7) is -4.67. The molecule has 0 radical (unpaired) electrons. The first kappa shape index (κ1) is 57.7. The van der Waals surface area contributed by atoms with Gasteiger partial charge in [0.15, 0.2) is 31.5 Å². The number of aliphatic hydroxyl groups is 21. The molecule has 400 valence electrons. The molecule has 21 N–H and O–H groups in total. The molecule has 68 heavy (non-hydrogen) atoms. The highest BCUT2D eigenvalue weighted by Gasteiger charge is 2.55. The Kier molecular flexibility index (Phi) is 21.3. The zero-order valence-electron chi connectivity index (χ0n) is 36.0. The van der Waals surface area contributed by atoms with Crippen LogP contribution in [0.3, 0.4) is 0 Å². The third-order valence-corrected chi connectivity index (χ3v) is 12.4. The topological polar surface area (TPSA) is 517 Å². The second-order valence-corrected chi connectivity index (χ2v) is 17.0. The van der Waals surface area contributed by atoms with Gasteiger partial charge in [-0.15, -0.1) is 0 Å². The van der Waals surface area contributed by atoms with Gasteiger partial charge in [-0.25, -0.2) is 0 Å². The van der Waals surface area contributed by atoms with Crippen LogP contribution in [0.5, 0.6) is 0 Å². The van der Waals surface area contributed by atoms with Gasteiger partial charge in [-0.2, -0.15) is 0 Å². The summed E-state index contributed by atoms with van der Waals surface area (Å²) in [5, 5.41) is 220. The molecule has 0 aromatic rings. The van der Waals surface area contributed by atoms with Crippen LogP contribution in [-0.4, -0.2) is 331 Å². The van der Waals surface area contributed by atoms with Crippen molar-refractivity contribution in [2.75, 3.05) is 39.6 Å². The van der Waals surface area contributed by atoms with Crippen LogP contribution < -0.4 is 0 Å². The highest BCUT2D eigenvalue weighted by molar-refractivity contribution is 4.98. The maximum Gasteiger partial charge on any atom is 0.187 e. The summed E-state index contributed by atoms with van der Waals surface area (Å²) < 4.78 is 55.1. The van der Waals surface area contributed by atoms with E-state index in [9.17, 15) is 107 Å². The fraction of sp³-hybridized carbons (Fsp3) is 1.00. The lowest BCUT2D eigenvalue weighted by Crippen LogP contribution is -2.66. The highest BCUT2D eigenvalue weighted by Crippen LogP contribution is 2.34. The van der Waals surface area contributed by atoms with E-state index >= 15 is 0 Å². The van der Waals surface area contributed by atoms with Gasteiger partial charge in [-0.3, -0.25) is 0 Å². The van der Waals surface area contributed by atoms with Gasteiger partial charge in [0.2, 0.25) is 0 Å². The summed E-state index contributed by atoms with van der Waals surface area (Å²) in [5.74, 6) is 0. The van der Waals surface area contributed by atoms with Crippen LogP contribution in [0, 0.1) is 0 Å². The molecule has 24 unspecified atom stereocenters. The molecular weight excluding hydrogens is 940 g/mol. The Morgan fingerprint density at radius 1 is 0.397 bits per heavy atom. The van der Waals surface area contributed by atoms with Crippen molar-refractivity contribution in [2.45, 2.75) is 191 Å². The lowest BCUT2D eigenvalue weighted by Gasteiger charge is -2.47. The highest BCUT2D eigenvalue weighted by atomic mass is 16.8. The summed E-state index contributed by atoms with van der Waals surface area (Å²) >= 11 is 0. The average molecular weight is 1010 g/mol. The molecule has 5 rings (SSSR count). The van der Waals surface area contributed by atoms with Crippen LogP contribution in [0.4, 0.5) is 0 Å².